The summed E-state index contributed by atoms with van der Waals surface area (Å²) in [5, 5.41) is 9.66. The summed E-state index contributed by atoms with van der Waals surface area (Å²) in [5.74, 6) is -0.586. The van der Waals surface area contributed by atoms with Gasteiger partial charge >= 0.3 is 0 Å². The van der Waals surface area contributed by atoms with Crippen molar-refractivity contribution in [1.29, 1.82) is 0 Å². The molecule has 0 N–H and O–H groups in total. The van der Waals surface area contributed by atoms with Crippen molar-refractivity contribution in [2.24, 2.45) is 10.3 Å². The summed E-state index contributed by atoms with van der Waals surface area (Å²) in [7, 11) is 0. The van der Waals surface area contributed by atoms with Crippen LogP contribution in [-0.4, -0.2) is 28.9 Å². The Morgan fingerprint density at radius 1 is 0.870 bits per heavy atom. The minimum atomic E-state index is -0.744. The number of benzene rings is 2. The van der Waals surface area contributed by atoms with Crippen LogP contribution in [0.5, 0.6) is 0 Å². The fraction of sp³-hybridized carbons (Fsp3) is 0.176. The molecule has 2 atom stereocenters. The average molecular weight is 306 g/mol. The minimum absolute atomic E-state index is 0.271. The van der Waals surface area contributed by atoms with Crippen molar-refractivity contribution in [2.75, 3.05) is 4.90 Å². The van der Waals surface area contributed by atoms with Gasteiger partial charge in [0.2, 0.25) is 0 Å². The first kappa shape index (κ1) is 13.6. The molecule has 1 saturated heterocycles. The van der Waals surface area contributed by atoms with Gasteiger partial charge in [0, 0.05) is 0 Å². The Labute approximate surface area is 133 Å². The van der Waals surface area contributed by atoms with Crippen LogP contribution in [0.3, 0.4) is 0 Å². The standard InChI is InChI=1S/C17H14N4O2/c22-16-14-15(17(23)21(16)13-9-5-2-6-10-13)20(19-18-14)11-12-7-3-1-4-8-12/h1-10,14-15H,11H2/t14-,15-/m0/s1. The van der Waals surface area contributed by atoms with E-state index in [2.05, 4.69) is 10.3 Å². The SMILES string of the molecule is O=C1[C@H]2N=NN(Cc3ccccc3)[C@@H]2C(=O)N1c1ccccc1. The van der Waals surface area contributed by atoms with E-state index in [0.717, 1.165) is 5.56 Å². The molecule has 0 aliphatic carbocycles. The molecule has 2 aromatic carbocycles. The van der Waals surface area contributed by atoms with E-state index in [1.165, 1.54) is 4.90 Å². The molecule has 0 radical (unpaired) electrons. The molecular formula is C17H14N4O2. The van der Waals surface area contributed by atoms with Crippen molar-refractivity contribution in [3.05, 3.63) is 66.2 Å². The molecule has 114 valence electrons. The second kappa shape index (κ2) is 5.31. The summed E-state index contributed by atoms with van der Waals surface area (Å²) >= 11 is 0. The summed E-state index contributed by atoms with van der Waals surface area (Å²) in [6.07, 6.45) is 0. The summed E-state index contributed by atoms with van der Waals surface area (Å²) in [4.78, 5) is 26.5. The number of hydrogen-bond acceptors (Lipinski definition) is 5. The maximum absolute atomic E-state index is 12.7. The van der Waals surface area contributed by atoms with Crippen molar-refractivity contribution in [3.8, 4) is 0 Å². The van der Waals surface area contributed by atoms with E-state index in [0.29, 0.717) is 12.2 Å². The second-order valence-electron chi connectivity index (χ2n) is 5.53. The Morgan fingerprint density at radius 3 is 2.22 bits per heavy atom. The van der Waals surface area contributed by atoms with Gasteiger partial charge in [-0.1, -0.05) is 53.8 Å². The molecule has 6 nitrogen and oxygen atoms in total. The average Bonchev–Trinajstić information content (AvgIpc) is 3.10. The predicted molar refractivity (Wildman–Crippen MR) is 83.4 cm³/mol. The zero-order valence-electron chi connectivity index (χ0n) is 12.2. The second-order valence-corrected chi connectivity index (χ2v) is 5.53. The van der Waals surface area contributed by atoms with Gasteiger partial charge in [0.1, 0.15) is 0 Å². The number of nitrogens with zero attached hydrogens (tertiary/aromatic N) is 4. The Bertz CT molecular complexity index is 776. The molecule has 2 aliphatic rings. The van der Waals surface area contributed by atoms with Crippen molar-refractivity contribution in [1.82, 2.24) is 5.01 Å². The highest BCUT2D eigenvalue weighted by Crippen LogP contribution is 2.32. The van der Waals surface area contributed by atoms with Gasteiger partial charge in [-0.2, -0.15) is 5.11 Å². The highest BCUT2D eigenvalue weighted by molar-refractivity contribution is 6.25. The maximum atomic E-state index is 12.7. The molecule has 0 saturated carbocycles. The lowest BCUT2D eigenvalue weighted by atomic mass is 10.1. The van der Waals surface area contributed by atoms with Gasteiger partial charge in [-0.3, -0.25) is 14.6 Å². The molecule has 2 amide bonds. The van der Waals surface area contributed by atoms with Gasteiger partial charge in [0.15, 0.2) is 12.1 Å². The Kier molecular flexibility index (Phi) is 3.15. The van der Waals surface area contributed by atoms with Crippen LogP contribution in [0.1, 0.15) is 5.56 Å². The van der Waals surface area contributed by atoms with Gasteiger partial charge in [0.05, 0.1) is 12.2 Å². The molecule has 0 bridgehead atoms. The smallest absolute Gasteiger partial charge is 0.263 e. The van der Waals surface area contributed by atoms with E-state index in [9.17, 15) is 9.59 Å². The minimum Gasteiger partial charge on any atom is -0.271 e. The van der Waals surface area contributed by atoms with Gasteiger partial charge < -0.3 is 0 Å². The molecule has 23 heavy (non-hydrogen) atoms. The fourth-order valence-electron chi connectivity index (χ4n) is 2.96. The number of anilines is 1. The van der Waals surface area contributed by atoms with Crippen LogP contribution in [0, 0.1) is 0 Å². The first-order valence-electron chi connectivity index (χ1n) is 7.40. The molecular weight excluding hydrogens is 292 g/mol. The number of imide groups is 1. The molecule has 0 spiro atoms. The monoisotopic (exact) mass is 306 g/mol. The van der Waals surface area contributed by atoms with Crippen LogP contribution >= 0.6 is 0 Å². The number of amides is 2. The number of carbonyl (C=O) groups excluding carboxylic acids is 2. The van der Waals surface area contributed by atoms with Gasteiger partial charge in [-0.15, -0.1) is 0 Å². The zero-order valence-corrected chi connectivity index (χ0v) is 12.2. The highest BCUT2D eigenvalue weighted by Gasteiger charge is 2.54. The number of hydrogen-bond donors (Lipinski definition) is 0. The third-order valence-corrected chi connectivity index (χ3v) is 4.06. The van der Waals surface area contributed by atoms with E-state index in [1.54, 1.807) is 29.3 Å². The topological polar surface area (TPSA) is 65.3 Å². The van der Waals surface area contributed by atoms with Crippen molar-refractivity contribution in [2.45, 2.75) is 18.6 Å². The Morgan fingerprint density at radius 2 is 1.52 bits per heavy atom. The van der Waals surface area contributed by atoms with Crippen molar-refractivity contribution in [3.63, 3.8) is 0 Å². The molecule has 2 aliphatic heterocycles. The van der Waals surface area contributed by atoms with Crippen molar-refractivity contribution < 1.29 is 9.59 Å². The van der Waals surface area contributed by atoms with Crippen LogP contribution in [0.15, 0.2) is 71.0 Å². The number of rotatable bonds is 3. The van der Waals surface area contributed by atoms with Crippen molar-refractivity contribution >= 4 is 17.5 Å². The lowest BCUT2D eigenvalue weighted by molar-refractivity contribution is -0.123. The van der Waals surface area contributed by atoms with Gasteiger partial charge in [0.25, 0.3) is 11.8 Å². The lowest BCUT2D eigenvalue weighted by Crippen LogP contribution is -2.39. The van der Waals surface area contributed by atoms with Crippen LogP contribution < -0.4 is 4.90 Å². The van der Waals surface area contributed by atoms with Crippen LogP contribution in [0.2, 0.25) is 0 Å². The first-order valence-corrected chi connectivity index (χ1v) is 7.40. The first-order chi connectivity index (χ1) is 11.3. The predicted octanol–water partition coefficient (Wildman–Crippen LogP) is 2.18. The van der Waals surface area contributed by atoms with Crippen LogP contribution in [0.4, 0.5) is 5.69 Å². The summed E-state index contributed by atoms with van der Waals surface area (Å²) in [6.45, 7) is 0.452. The van der Waals surface area contributed by atoms with E-state index in [1.807, 2.05) is 36.4 Å². The number of para-hydroxylation sites is 1. The molecule has 2 aromatic rings. The van der Waals surface area contributed by atoms with Crippen LogP contribution in [-0.2, 0) is 16.1 Å². The van der Waals surface area contributed by atoms with Crippen LogP contribution in [0.25, 0.3) is 0 Å². The molecule has 0 unspecified atom stereocenters. The summed E-state index contributed by atoms with van der Waals surface area (Å²) in [5.41, 5.74) is 1.59. The normalized spacial score (nSPS) is 22.8. The highest BCUT2D eigenvalue weighted by atomic mass is 16.2. The van der Waals surface area contributed by atoms with E-state index >= 15 is 0 Å². The van der Waals surface area contributed by atoms with Gasteiger partial charge in [-0.05, 0) is 17.7 Å². The zero-order chi connectivity index (χ0) is 15.8. The third kappa shape index (κ3) is 2.19. The largest absolute Gasteiger partial charge is 0.271 e. The molecule has 0 aromatic heterocycles. The lowest BCUT2D eigenvalue weighted by Gasteiger charge is -2.20. The van der Waals surface area contributed by atoms with Gasteiger partial charge in [-0.25, -0.2) is 4.90 Å². The molecule has 4 rings (SSSR count). The summed E-state index contributed by atoms with van der Waals surface area (Å²) in [6, 6.07) is 17.2. The van der Waals surface area contributed by atoms with E-state index in [4.69, 9.17) is 0 Å². The number of carbonyl (C=O) groups is 2. The van der Waals surface area contributed by atoms with E-state index < -0.39 is 12.1 Å². The Balaban J connectivity index is 1.61. The fourth-order valence-corrected chi connectivity index (χ4v) is 2.96. The summed E-state index contributed by atoms with van der Waals surface area (Å²) < 4.78 is 0. The third-order valence-electron chi connectivity index (χ3n) is 4.06. The molecule has 1 fully saturated rings. The van der Waals surface area contributed by atoms with E-state index in [-0.39, 0.29) is 11.8 Å². The Hall–Kier alpha value is -3.02. The maximum Gasteiger partial charge on any atom is 0.263 e. The quantitative estimate of drug-likeness (QED) is 0.816. The number of fused-ring (bicyclic) bond motifs is 1. The molecule has 2 heterocycles. The molecule has 6 heteroatoms.